The molecule has 0 heterocycles. The Bertz CT molecular complexity index is 644. The molecule has 2 aromatic rings. The number of rotatable bonds is 3. The van der Waals surface area contributed by atoms with Crippen molar-refractivity contribution in [1.82, 2.24) is 0 Å². The minimum atomic E-state index is -0.528. The number of hydrogen-bond acceptors (Lipinski definition) is 4. The number of hydrogen-bond donors (Lipinski definition) is 1. The lowest BCUT2D eigenvalue weighted by molar-refractivity contribution is -0.384. The Morgan fingerprint density at radius 2 is 2.00 bits per heavy atom. The zero-order chi connectivity index (χ0) is 14.0. The molecule has 98 valence electrons. The number of nitrogens with two attached hydrogens (primary N) is 1. The van der Waals surface area contributed by atoms with Gasteiger partial charge in [0.1, 0.15) is 11.5 Å². The molecule has 5 nitrogen and oxygen atoms in total. The van der Waals surface area contributed by atoms with Gasteiger partial charge in [0.05, 0.1) is 16.0 Å². The quantitative estimate of drug-likeness (QED) is 0.524. The minimum absolute atomic E-state index is 0.127. The van der Waals surface area contributed by atoms with E-state index in [-0.39, 0.29) is 17.1 Å². The lowest BCUT2D eigenvalue weighted by Crippen LogP contribution is -1.94. The summed E-state index contributed by atoms with van der Waals surface area (Å²) in [7, 11) is 0. The third kappa shape index (κ3) is 3.14. The molecule has 2 rings (SSSR count). The number of non-ortho nitro benzene ring substituents is 1. The van der Waals surface area contributed by atoms with E-state index in [4.69, 9.17) is 22.1 Å². The van der Waals surface area contributed by atoms with Crippen LogP contribution >= 0.6 is 11.6 Å². The van der Waals surface area contributed by atoms with Gasteiger partial charge >= 0.3 is 0 Å². The summed E-state index contributed by atoms with van der Waals surface area (Å²) in [6.07, 6.45) is 0. The second-order valence-electron chi connectivity index (χ2n) is 4.05. The molecule has 0 spiro atoms. The molecular weight excluding hydrogens is 268 g/mol. The van der Waals surface area contributed by atoms with E-state index >= 15 is 0 Å². The summed E-state index contributed by atoms with van der Waals surface area (Å²) < 4.78 is 5.52. The standard InChI is InChI=1S/C13H11ClN2O3/c1-8-2-3-13(12(14)4-8)19-11-6-9(15)5-10(7-11)16(17)18/h2-7H,15H2,1H3. The van der Waals surface area contributed by atoms with Gasteiger partial charge in [0.25, 0.3) is 5.69 Å². The molecule has 0 radical (unpaired) electrons. The summed E-state index contributed by atoms with van der Waals surface area (Å²) in [5.74, 6) is 0.699. The van der Waals surface area contributed by atoms with Crippen molar-refractivity contribution in [2.75, 3.05) is 5.73 Å². The Balaban J connectivity index is 2.35. The molecule has 0 bridgehead atoms. The molecule has 0 aliphatic carbocycles. The van der Waals surface area contributed by atoms with E-state index in [2.05, 4.69) is 0 Å². The van der Waals surface area contributed by atoms with E-state index in [0.29, 0.717) is 10.8 Å². The fourth-order valence-corrected chi connectivity index (χ4v) is 1.86. The molecule has 0 saturated heterocycles. The molecule has 2 aromatic carbocycles. The number of anilines is 1. The summed E-state index contributed by atoms with van der Waals surface area (Å²) in [5, 5.41) is 11.2. The van der Waals surface area contributed by atoms with Crippen LogP contribution in [0.3, 0.4) is 0 Å². The fourth-order valence-electron chi connectivity index (χ4n) is 1.59. The normalized spacial score (nSPS) is 10.2. The van der Waals surface area contributed by atoms with Crippen LogP contribution in [0, 0.1) is 17.0 Å². The Hall–Kier alpha value is -2.27. The molecule has 6 heteroatoms. The third-order valence-electron chi connectivity index (χ3n) is 2.44. The van der Waals surface area contributed by atoms with E-state index in [0.717, 1.165) is 5.56 Å². The van der Waals surface area contributed by atoms with Crippen molar-refractivity contribution < 1.29 is 9.66 Å². The van der Waals surface area contributed by atoms with E-state index in [1.54, 1.807) is 12.1 Å². The van der Waals surface area contributed by atoms with Crippen molar-refractivity contribution >= 4 is 23.0 Å². The first kappa shape index (κ1) is 13.2. The van der Waals surface area contributed by atoms with Gasteiger partial charge in [-0.1, -0.05) is 17.7 Å². The number of halogens is 1. The predicted molar refractivity (Wildman–Crippen MR) is 73.8 cm³/mol. The maximum absolute atomic E-state index is 10.7. The van der Waals surface area contributed by atoms with Gasteiger partial charge in [-0.25, -0.2) is 0 Å². The predicted octanol–water partition coefficient (Wildman–Crippen LogP) is 3.93. The third-order valence-corrected chi connectivity index (χ3v) is 2.73. The van der Waals surface area contributed by atoms with Gasteiger partial charge < -0.3 is 10.5 Å². The Morgan fingerprint density at radius 3 is 2.63 bits per heavy atom. The maximum Gasteiger partial charge on any atom is 0.275 e. The summed E-state index contributed by atoms with van der Waals surface area (Å²) in [4.78, 5) is 10.2. The lowest BCUT2D eigenvalue weighted by Gasteiger charge is -2.08. The molecule has 0 amide bonds. The molecule has 0 atom stereocenters. The second kappa shape index (κ2) is 5.16. The van der Waals surface area contributed by atoms with Crippen LogP contribution in [0.2, 0.25) is 5.02 Å². The summed E-state index contributed by atoms with van der Waals surface area (Å²) in [6.45, 7) is 1.90. The number of benzene rings is 2. The molecule has 0 unspecified atom stereocenters. The van der Waals surface area contributed by atoms with E-state index < -0.39 is 4.92 Å². The number of aryl methyl sites for hydroxylation is 1. The Kier molecular flexibility index (Phi) is 3.57. The first-order chi connectivity index (χ1) is 8.95. The smallest absolute Gasteiger partial charge is 0.275 e. The van der Waals surface area contributed by atoms with Crippen molar-refractivity contribution in [2.24, 2.45) is 0 Å². The van der Waals surface area contributed by atoms with Crippen LogP contribution in [0.15, 0.2) is 36.4 Å². The topological polar surface area (TPSA) is 78.4 Å². The van der Waals surface area contributed by atoms with Gasteiger partial charge in [0.15, 0.2) is 0 Å². The van der Waals surface area contributed by atoms with Gasteiger partial charge in [-0.3, -0.25) is 10.1 Å². The zero-order valence-electron chi connectivity index (χ0n) is 10.1. The van der Waals surface area contributed by atoms with E-state index in [9.17, 15) is 10.1 Å². The van der Waals surface area contributed by atoms with Gasteiger partial charge in [0.2, 0.25) is 0 Å². The van der Waals surface area contributed by atoms with Gasteiger partial charge in [-0.05, 0) is 24.6 Å². The van der Waals surface area contributed by atoms with Gasteiger partial charge in [-0.2, -0.15) is 0 Å². The molecular formula is C13H11ClN2O3. The Labute approximate surface area is 114 Å². The van der Waals surface area contributed by atoms with Crippen LogP contribution in [0.25, 0.3) is 0 Å². The first-order valence-corrected chi connectivity index (χ1v) is 5.82. The number of nitrogen functional groups attached to an aromatic ring is 1. The average Bonchev–Trinajstić information content (AvgIpc) is 2.32. The van der Waals surface area contributed by atoms with Crippen LogP contribution in [0.4, 0.5) is 11.4 Å². The lowest BCUT2D eigenvalue weighted by atomic mass is 10.2. The molecule has 0 aliphatic heterocycles. The van der Waals surface area contributed by atoms with Crippen LogP contribution in [0.5, 0.6) is 11.5 Å². The summed E-state index contributed by atoms with van der Waals surface area (Å²) in [5.41, 5.74) is 6.72. The molecule has 0 saturated carbocycles. The highest BCUT2D eigenvalue weighted by molar-refractivity contribution is 6.32. The van der Waals surface area contributed by atoms with Crippen LogP contribution in [0.1, 0.15) is 5.56 Å². The SMILES string of the molecule is Cc1ccc(Oc2cc(N)cc([N+](=O)[O-])c2)c(Cl)c1. The van der Waals surface area contributed by atoms with Crippen molar-refractivity contribution in [3.8, 4) is 11.5 Å². The first-order valence-electron chi connectivity index (χ1n) is 5.44. The second-order valence-corrected chi connectivity index (χ2v) is 4.46. The summed E-state index contributed by atoms with van der Waals surface area (Å²) in [6, 6.07) is 9.35. The van der Waals surface area contributed by atoms with Crippen LogP contribution < -0.4 is 10.5 Å². The molecule has 2 N–H and O–H groups in total. The van der Waals surface area contributed by atoms with Crippen molar-refractivity contribution in [3.05, 3.63) is 57.1 Å². The van der Waals surface area contributed by atoms with Gasteiger partial charge in [0, 0.05) is 17.8 Å². The minimum Gasteiger partial charge on any atom is -0.455 e. The average molecular weight is 279 g/mol. The van der Waals surface area contributed by atoms with Crippen LogP contribution in [-0.2, 0) is 0 Å². The zero-order valence-corrected chi connectivity index (χ0v) is 10.8. The van der Waals surface area contributed by atoms with Gasteiger partial charge in [-0.15, -0.1) is 0 Å². The largest absolute Gasteiger partial charge is 0.455 e. The highest BCUT2D eigenvalue weighted by Gasteiger charge is 2.11. The highest BCUT2D eigenvalue weighted by Crippen LogP contribution is 2.32. The summed E-state index contributed by atoms with van der Waals surface area (Å²) >= 11 is 6.03. The number of nitro groups is 1. The van der Waals surface area contributed by atoms with E-state index in [1.807, 2.05) is 13.0 Å². The van der Waals surface area contributed by atoms with Crippen LogP contribution in [-0.4, -0.2) is 4.92 Å². The Morgan fingerprint density at radius 1 is 1.26 bits per heavy atom. The van der Waals surface area contributed by atoms with Crippen molar-refractivity contribution in [1.29, 1.82) is 0 Å². The molecule has 0 fully saturated rings. The highest BCUT2D eigenvalue weighted by atomic mass is 35.5. The fraction of sp³-hybridized carbons (Fsp3) is 0.0769. The maximum atomic E-state index is 10.7. The van der Waals surface area contributed by atoms with Crippen molar-refractivity contribution in [3.63, 3.8) is 0 Å². The number of nitrogens with zero attached hydrogens (tertiary/aromatic N) is 1. The van der Waals surface area contributed by atoms with E-state index in [1.165, 1.54) is 18.2 Å². The molecule has 19 heavy (non-hydrogen) atoms. The number of ether oxygens (including phenoxy) is 1. The number of nitro benzene ring substituents is 1. The molecule has 0 aromatic heterocycles. The monoisotopic (exact) mass is 278 g/mol. The van der Waals surface area contributed by atoms with Crippen molar-refractivity contribution in [2.45, 2.75) is 6.92 Å². The molecule has 0 aliphatic rings.